The summed E-state index contributed by atoms with van der Waals surface area (Å²) in [5.41, 5.74) is 0. The molecule has 1 fully saturated rings. The molecule has 1 rings (SSSR count). The van der Waals surface area contributed by atoms with E-state index in [9.17, 15) is 9.59 Å². The Morgan fingerprint density at radius 3 is 2.24 bits per heavy atom. The average Bonchev–Trinajstić information content (AvgIpc) is 2.54. The minimum absolute atomic E-state index is 0.0515. The average molecular weight is 242 g/mol. The smallest absolute Gasteiger partial charge is 0.317 e. The second-order valence-electron chi connectivity index (χ2n) is 4.72. The van der Waals surface area contributed by atoms with Crippen molar-refractivity contribution in [3.63, 3.8) is 0 Å². The number of hydrogen-bond donors (Lipinski definition) is 1. The van der Waals surface area contributed by atoms with Crippen LogP contribution in [-0.4, -0.2) is 59.5 Å². The molecule has 1 aliphatic heterocycles. The maximum absolute atomic E-state index is 12.2. The van der Waals surface area contributed by atoms with Crippen molar-refractivity contribution < 1.29 is 14.7 Å². The molecule has 0 aromatic carbocycles. The van der Waals surface area contributed by atoms with Crippen molar-refractivity contribution in [3.8, 4) is 0 Å². The molecular weight excluding hydrogens is 220 g/mol. The standard InChI is InChI=1S/C12H22N2O3/c1-10(13(2)9-11(15)16)12(17)14-7-5-3-4-6-8-14/h10H,3-9H2,1-2H3,(H,15,16). The van der Waals surface area contributed by atoms with Crippen LogP contribution in [0, 0.1) is 0 Å². The van der Waals surface area contributed by atoms with E-state index in [4.69, 9.17) is 5.11 Å². The van der Waals surface area contributed by atoms with Crippen molar-refractivity contribution in [1.82, 2.24) is 9.80 Å². The minimum atomic E-state index is -0.900. The summed E-state index contributed by atoms with van der Waals surface area (Å²) < 4.78 is 0. The first-order chi connectivity index (χ1) is 8.02. The molecule has 1 heterocycles. The van der Waals surface area contributed by atoms with Crippen LogP contribution in [0.25, 0.3) is 0 Å². The van der Waals surface area contributed by atoms with Crippen LogP contribution < -0.4 is 0 Å². The fourth-order valence-corrected chi connectivity index (χ4v) is 2.09. The molecule has 1 amide bonds. The molecule has 1 unspecified atom stereocenters. The second-order valence-corrected chi connectivity index (χ2v) is 4.72. The maximum atomic E-state index is 12.2. The number of amides is 1. The Bertz CT molecular complexity index is 273. The zero-order valence-corrected chi connectivity index (χ0v) is 10.7. The lowest BCUT2D eigenvalue weighted by Gasteiger charge is -2.28. The molecule has 1 N–H and O–H groups in total. The molecule has 5 heteroatoms. The van der Waals surface area contributed by atoms with Crippen molar-refractivity contribution in [2.24, 2.45) is 0 Å². The van der Waals surface area contributed by atoms with Crippen LogP contribution in [0.3, 0.4) is 0 Å². The summed E-state index contributed by atoms with van der Waals surface area (Å²) in [6.07, 6.45) is 4.48. The third-order valence-corrected chi connectivity index (χ3v) is 3.32. The highest BCUT2D eigenvalue weighted by Crippen LogP contribution is 2.12. The molecule has 0 aromatic rings. The van der Waals surface area contributed by atoms with Crippen molar-refractivity contribution >= 4 is 11.9 Å². The van der Waals surface area contributed by atoms with Gasteiger partial charge in [0.2, 0.25) is 5.91 Å². The summed E-state index contributed by atoms with van der Waals surface area (Å²) in [6.45, 7) is 3.30. The van der Waals surface area contributed by atoms with Gasteiger partial charge < -0.3 is 10.0 Å². The van der Waals surface area contributed by atoms with Crippen LogP contribution in [0.2, 0.25) is 0 Å². The number of aliphatic carboxylic acids is 1. The van der Waals surface area contributed by atoms with E-state index in [1.165, 1.54) is 12.8 Å². The molecule has 5 nitrogen and oxygen atoms in total. The van der Waals surface area contributed by atoms with E-state index in [1.807, 2.05) is 4.90 Å². The predicted octanol–water partition coefficient (Wildman–Crippen LogP) is 0.794. The zero-order chi connectivity index (χ0) is 12.8. The molecule has 17 heavy (non-hydrogen) atoms. The molecule has 0 aliphatic carbocycles. The number of hydrogen-bond acceptors (Lipinski definition) is 3. The third-order valence-electron chi connectivity index (χ3n) is 3.32. The van der Waals surface area contributed by atoms with E-state index in [-0.39, 0.29) is 18.5 Å². The van der Waals surface area contributed by atoms with Gasteiger partial charge in [-0.25, -0.2) is 0 Å². The molecule has 0 aromatic heterocycles. The fraction of sp³-hybridized carbons (Fsp3) is 0.833. The lowest BCUT2D eigenvalue weighted by Crippen LogP contribution is -2.47. The van der Waals surface area contributed by atoms with Gasteiger partial charge in [-0.2, -0.15) is 0 Å². The zero-order valence-electron chi connectivity index (χ0n) is 10.7. The van der Waals surface area contributed by atoms with Crippen molar-refractivity contribution in [2.45, 2.75) is 38.6 Å². The number of carbonyl (C=O) groups is 2. The van der Waals surface area contributed by atoms with Crippen LogP contribution in [0.15, 0.2) is 0 Å². The molecule has 1 atom stereocenters. The highest BCUT2D eigenvalue weighted by molar-refractivity contribution is 5.82. The quantitative estimate of drug-likeness (QED) is 0.792. The summed E-state index contributed by atoms with van der Waals surface area (Å²) in [5, 5.41) is 8.70. The van der Waals surface area contributed by atoms with Crippen molar-refractivity contribution in [1.29, 1.82) is 0 Å². The Balaban J connectivity index is 2.51. The molecule has 0 spiro atoms. The molecule has 0 bridgehead atoms. The first-order valence-electron chi connectivity index (χ1n) is 6.23. The Morgan fingerprint density at radius 2 is 1.76 bits per heavy atom. The van der Waals surface area contributed by atoms with Crippen molar-refractivity contribution in [2.75, 3.05) is 26.7 Å². The van der Waals surface area contributed by atoms with Gasteiger partial charge in [-0.3, -0.25) is 14.5 Å². The number of carboxylic acid groups (broad SMARTS) is 1. The molecule has 0 saturated carbocycles. The van der Waals surface area contributed by atoms with Gasteiger partial charge in [-0.15, -0.1) is 0 Å². The van der Waals surface area contributed by atoms with E-state index in [1.54, 1.807) is 18.9 Å². The lowest BCUT2D eigenvalue weighted by atomic mass is 10.2. The van der Waals surface area contributed by atoms with Gasteiger partial charge in [0.05, 0.1) is 12.6 Å². The van der Waals surface area contributed by atoms with Gasteiger partial charge in [-0.1, -0.05) is 12.8 Å². The van der Waals surface area contributed by atoms with Gasteiger partial charge in [0.15, 0.2) is 0 Å². The molecule has 1 saturated heterocycles. The van der Waals surface area contributed by atoms with Crippen LogP contribution in [-0.2, 0) is 9.59 Å². The summed E-state index contributed by atoms with van der Waals surface area (Å²) in [6, 6.07) is -0.357. The largest absolute Gasteiger partial charge is 0.480 e. The van der Waals surface area contributed by atoms with Crippen molar-refractivity contribution in [3.05, 3.63) is 0 Å². The Kier molecular flexibility index (Phi) is 5.41. The minimum Gasteiger partial charge on any atom is -0.480 e. The predicted molar refractivity (Wildman–Crippen MR) is 64.8 cm³/mol. The van der Waals surface area contributed by atoms with Gasteiger partial charge in [0.25, 0.3) is 0 Å². The number of carbonyl (C=O) groups excluding carboxylic acids is 1. The van der Waals surface area contributed by atoms with Gasteiger partial charge in [0.1, 0.15) is 0 Å². The lowest BCUT2D eigenvalue weighted by molar-refractivity contribution is -0.141. The summed E-state index contributed by atoms with van der Waals surface area (Å²) in [4.78, 5) is 26.2. The Morgan fingerprint density at radius 1 is 1.24 bits per heavy atom. The Labute approximate surface area is 102 Å². The normalized spacial score (nSPS) is 18.9. The van der Waals surface area contributed by atoms with E-state index in [0.717, 1.165) is 25.9 Å². The van der Waals surface area contributed by atoms with Gasteiger partial charge in [0, 0.05) is 13.1 Å². The fourth-order valence-electron chi connectivity index (χ4n) is 2.09. The summed E-state index contributed by atoms with van der Waals surface area (Å²) in [7, 11) is 1.68. The SMILES string of the molecule is CC(C(=O)N1CCCCCC1)N(C)CC(=O)O. The number of rotatable bonds is 4. The third kappa shape index (κ3) is 4.34. The van der Waals surface area contributed by atoms with E-state index in [0.29, 0.717) is 0 Å². The summed E-state index contributed by atoms with van der Waals surface area (Å²) in [5.74, 6) is -0.848. The van der Waals surface area contributed by atoms with Crippen LogP contribution in [0.1, 0.15) is 32.6 Å². The van der Waals surface area contributed by atoms with Crippen LogP contribution in [0.4, 0.5) is 0 Å². The van der Waals surface area contributed by atoms with Gasteiger partial charge >= 0.3 is 5.97 Å². The highest BCUT2D eigenvalue weighted by atomic mass is 16.4. The van der Waals surface area contributed by atoms with E-state index < -0.39 is 5.97 Å². The first kappa shape index (κ1) is 14.0. The Hall–Kier alpha value is -1.10. The van der Waals surface area contributed by atoms with Crippen LogP contribution >= 0.6 is 0 Å². The summed E-state index contributed by atoms with van der Waals surface area (Å²) >= 11 is 0. The monoisotopic (exact) mass is 242 g/mol. The highest BCUT2D eigenvalue weighted by Gasteiger charge is 2.25. The van der Waals surface area contributed by atoms with Gasteiger partial charge in [-0.05, 0) is 26.8 Å². The number of carboxylic acids is 1. The molecular formula is C12H22N2O3. The molecule has 98 valence electrons. The van der Waals surface area contributed by atoms with Crippen LogP contribution in [0.5, 0.6) is 0 Å². The number of likely N-dealkylation sites (tertiary alicyclic amines) is 1. The van der Waals surface area contributed by atoms with E-state index in [2.05, 4.69) is 0 Å². The molecule has 1 aliphatic rings. The first-order valence-corrected chi connectivity index (χ1v) is 6.23. The number of nitrogens with zero attached hydrogens (tertiary/aromatic N) is 2. The maximum Gasteiger partial charge on any atom is 0.317 e. The number of likely N-dealkylation sites (N-methyl/N-ethyl adjacent to an activating group) is 1. The second kappa shape index (κ2) is 6.59. The topological polar surface area (TPSA) is 60.9 Å². The molecule has 0 radical (unpaired) electrons. The van der Waals surface area contributed by atoms with E-state index >= 15 is 0 Å².